The first-order valence-electron chi connectivity index (χ1n) is 7.15. The normalized spacial score (nSPS) is 22.9. The smallest absolute Gasteiger partial charge is 0.162 e. The van der Waals surface area contributed by atoms with Crippen molar-refractivity contribution >= 4 is 16.4 Å². The Balaban J connectivity index is 1.84. The molecule has 1 aromatic rings. The van der Waals surface area contributed by atoms with Gasteiger partial charge in [-0.15, -0.1) is 0 Å². The minimum Gasteiger partial charge on any atom is -0.493 e. The van der Waals surface area contributed by atoms with Gasteiger partial charge in [-0.1, -0.05) is 12.1 Å². The molecule has 1 aliphatic heterocycles. The first-order valence-corrected chi connectivity index (χ1v) is 8.64. The molecule has 1 heterocycles. The number of benzene rings is 1. The number of ether oxygens (including phenoxy) is 2. The van der Waals surface area contributed by atoms with Crippen LogP contribution in [0.5, 0.6) is 11.5 Å². The molecule has 0 bridgehead atoms. The van der Waals surface area contributed by atoms with Crippen LogP contribution in [0.3, 0.4) is 0 Å². The van der Waals surface area contributed by atoms with Gasteiger partial charge in [0.25, 0.3) is 0 Å². The maximum absolute atomic E-state index is 11.5. The highest BCUT2D eigenvalue weighted by Crippen LogP contribution is 2.34. The monoisotopic (exact) mass is 292 g/mol. The minimum atomic E-state index is -0.736. The molecule has 1 aromatic carbocycles. The Morgan fingerprint density at radius 1 is 1.20 bits per heavy atom. The summed E-state index contributed by atoms with van der Waals surface area (Å²) in [6.07, 6.45) is 7.12. The molecular weight excluding hydrogens is 272 g/mol. The molecule has 4 heteroatoms. The summed E-state index contributed by atoms with van der Waals surface area (Å²) in [7, 11) is 0.931. The van der Waals surface area contributed by atoms with Gasteiger partial charge >= 0.3 is 0 Å². The molecule has 0 spiro atoms. The second-order valence-corrected chi connectivity index (χ2v) is 6.87. The lowest BCUT2D eigenvalue weighted by Gasteiger charge is -2.17. The van der Waals surface area contributed by atoms with Crippen LogP contribution < -0.4 is 9.47 Å². The molecule has 1 aliphatic carbocycles. The van der Waals surface area contributed by atoms with E-state index >= 15 is 0 Å². The van der Waals surface area contributed by atoms with Gasteiger partial charge in [-0.3, -0.25) is 4.21 Å². The molecule has 0 radical (unpaired) electrons. The van der Waals surface area contributed by atoms with Crippen molar-refractivity contribution in [1.82, 2.24) is 0 Å². The quantitative estimate of drug-likeness (QED) is 0.855. The second-order valence-electron chi connectivity index (χ2n) is 5.37. The lowest BCUT2D eigenvalue weighted by Crippen LogP contribution is -2.11. The summed E-state index contributed by atoms with van der Waals surface area (Å²) in [6, 6.07) is 6.00. The molecule has 0 aromatic heterocycles. The largest absolute Gasteiger partial charge is 0.493 e. The van der Waals surface area contributed by atoms with Crippen molar-refractivity contribution < 1.29 is 13.7 Å². The predicted molar refractivity (Wildman–Crippen MR) is 81.7 cm³/mol. The summed E-state index contributed by atoms with van der Waals surface area (Å²) in [4.78, 5) is 0. The van der Waals surface area contributed by atoms with Crippen molar-refractivity contribution in [1.29, 1.82) is 0 Å². The number of hydrogen-bond donors (Lipinski definition) is 0. The third-order valence-electron chi connectivity index (χ3n) is 3.96. The molecule has 20 heavy (non-hydrogen) atoms. The third kappa shape index (κ3) is 2.90. The van der Waals surface area contributed by atoms with Crippen LogP contribution in [0.2, 0.25) is 0 Å². The van der Waals surface area contributed by atoms with E-state index in [0.717, 1.165) is 35.5 Å². The average molecular weight is 292 g/mol. The van der Waals surface area contributed by atoms with E-state index in [4.69, 9.17) is 9.47 Å². The standard InChI is InChI=1S/C16H20O3S/c1-18-15-7-6-12(13-8-9-20(17)11-13)10-16(15)19-14-4-2-3-5-14/h6-8,10,14H,2-5,9,11H2,1H3. The predicted octanol–water partition coefficient (Wildman–Crippen LogP) is 3.16. The van der Waals surface area contributed by atoms with E-state index < -0.39 is 10.8 Å². The Bertz CT molecular complexity index is 545. The van der Waals surface area contributed by atoms with Crippen molar-refractivity contribution in [2.75, 3.05) is 18.6 Å². The number of hydrogen-bond acceptors (Lipinski definition) is 3. The maximum atomic E-state index is 11.5. The Morgan fingerprint density at radius 2 is 2.00 bits per heavy atom. The summed E-state index contributed by atoms with van der Waals surface area (Å²) >= 11 is 0. The summed E-state index contributed by atoms with van der Waals surface area (Å²) in [6.45, 7) is 0. The van der Waals surface area contributed by atoms with E-state index in [1.54, 1.807) is 7.11 Å². The topological polar surface area (TPSA) is 35.5 Å². The fraction of sp³-hybridized carbons (Fsp3) is 0.500. The Kier molecular flexibility index (Phi) is 4.10. The van der Waals surface area contributed by atoms with Gasteiger partial charge in [0.05, 0.1) is 13.2 Å². The molecule has 0 amide bonds. The maximum Gasteiger partial charge on any atom is 0.162 e. The molecule has 3 rings (SSSR count). The fourth-order valence-corrected chi connectivity index (χ4v) is 3.98. The Labute approximate surface area is 122 Å². The van der Waals surface area contributed by atoms with Crippen molar-refractivity contribution in [3.8, 4) is 11.5 Å². The van der Waals surface area contributed by atoms with Crippen LogP contribution in [0.25, 0.3) is 5.57 Å². The minimum absolute atomic E-state index is 0.311. The second kappa shape index (κ2) is 6.00. The van der Waals surface area contributed by atoms with E-state index in [9.17, 15) is 4.21 Å². The number of methoxy groups -OCH3 is 1. The van der Waals surface area contributed by atoms with Gasteiger partial charge in [0.2, 0.25) is 0 Å². The SMILES string of the molecule is COc1ccc(C2=CCS(=O)C2)cc1OC1CCCC1. The highest BCUT2D eigenvalue weighted by molar-refractivity contribution is 7.86. The number of rotatable bonds is 4. The van der Waals surface area contributed by atoms with Crippen LogP contribution in [0.1, 0.15) is 31.2 Å². The van der Waals surface area contributed by atoms with Gasteiger partial charge in [-0.2, -0.15) is 0 Å². The van der Waals surface area contributed by atoms with Gasteiger partial charge in [-0.05, 0) is 49.0 Å². The molecule has 108 valence electrons. The molecule has 1 unspecified atom stereocenters. The van der Waals surface area contributed by atoms with E-state index in [2.05, 4.69) is 6.08 Å². The van der Waals surface area contributed by atoms with Crippen LogP contribution in [0.15, 0.2) is 24.3 Å². The van der Waals surface area contributed by atoms with Gasteiger partial charge in [0.1, 0.15) is 0 Å². The molecule has 0 saturated heterocycles. The zero-order valence-electron chi connectivity index (χ0n) is 11.8. The van der Waals surface area contributed by atoms with E-state index in [-0.39, 0.29) is 0 Å². The molecule has 2 aliphatic rings. The summed E-state index contributed by atoms with van der Waals surface area (Å²) in [5.41, 5.74) is 2.26. The zero-order chi connectivity index (χ0) is 13.9. The molecule has 1 atom stereocenters. The molecule has 3 nitrogen and oxygen atoms in total. The van der Waals surface area contributed by atoms with Crippen LogP contribution in [-0.2, 0) is 10.8 Å². The van der Waals surface area contributed by atoms with Crippen LogP contribution in [0, 0.1) is 0 Å². The van der Waals surface area contributed by atoms with Crippen molar-refractivity contribution in [2.45, 2.75) is 31.8 Å². The third-order valence-corrected chi connectivity index (χ3v) is 5.13. The Hall–Kier alpha value is -1.29. The van der Waals surface area contributed by atoms with Crippen LogP contribution in [-0.4, -0.2) is 28.9 Å². The highest BCUT2D eigenvalue weighted by atomic mass is 32.2. The van der Waals surface area contributed by atoms with Crippen molar-refractivity contribution in [3.63, 3.8) is 0 Å². The lowest BCUT2D eigenvalue weighted by molar-refractivity contribution is 0.201. The Morgan fingerprint density at radius 3 is 2.65 bits per heavy atom. The molecular formula is C16H20O3S. The zero-order valence-corrected chi connectivity index (χ0v) is 12.6. The van der Waals surface area contributed by atoms with Gasteiger partial charge in [0.15, 0.2) is 11.5 Å². The lowest BCUT2D eigenvalue weighted by atomic mass is 10.1. The molecule has 1 fully saturated rings. The summed E-state index contributed by atoms with van der Waals surface area (Å²) < 4.78 is 23.0. The van der Waals surface area contributed by atoms with E-state index in [1.807, 2.05) is 18.2 Å². The van der Waals surface area contributed by atoms with Crippen molar-refractivity contribution in [2.24, 2.45) is 0 Å². The molecule has 0 N–H and O–H groups in total. The first kappa shape index (κ1) is 13.7. The van der Waals surface area contributed by atoms with Crippen molar-refractivity contribution in [3.05, 3.63) is 29.8 Å². The summed E-state index contributed by atoms with van der Waals surface area (Å²) in [5.74, 6) is 2.91. The van der Waals surface area contributed by atoms with Crippen LogP contribution >= 0.6 is 0 Å². The first-order chi connectivity index (χ1) is 9.76. The summed E-state index contributed by atoms with van der Waals surface area (Å²) in [5, 5.41) is 0. The van der Waals surface area contributed by atoms with E-state index in [1.165, 1.54) is 12.8 Å². The average Bonchev–Trinajstić information content (AvgIpc) is 3.10. The van der Waals surface area contributed by atoms with Gasteiger partial charge < -0.3 is 9.47 Å². The van der Waals surface area contributed by atoms with Gasteiger partial charge in [0, 0.05) is 22.3 Å². The van der Waals surface area contributed by atoms with E-state index in [0.29, 0.717) is 17.6 Å². The van der Waals surface area contributed by atoms with Gasteiger partial charge in [-0.25, -0.2) is 0 Å². The molecule has 1 saturated carbocycles. The van der Waals surface area contributed by atoms with Crippen LogP contribution in [0.4, 0.5) is 0 Å². The fourth-order valence-electron chi connectivity index (χ4n) is 2.84. The highest BCUT2D eigenvalue weighted by Gasteiger charge is 2.20.